The van der Waals surface area contributed by atoms with Gasteiger partial charge in [-0.05, 0) is 12.0 Å². The Hall–Kier alpha value is -1.49. The highest BCUT2D eigenvalue weighted by Gasteiger charge is 2.19. The van der Waals surface area contributed by atoms with E-state index in [1.54, 1.807) is 0 Å². The van der Waals surface area contributed by atoms with Gasteiger partial charge >= 0.3 is 5.97 Å². The van der Waals surface area contributed by atoms with Gasteiger partial charge in [-0.25, -0.2) is 0 Å². The van der Waals surface area contributed by atoms with Crippen molar-refractivity contribution in [1.29, 1.82) is 0 Å². The summed E-state index contributed by atoms with van der Waals surface area (Å²) in [6.45, 7) is 0. The van der Waals surface area contributed by atoms with Gasteiger partial charge in [-0.1, -0.05) is 30.3 Å². The second-order valence-electron chi connectivity index (χ2n) is 3.50. The first-order chi connectivity index (χ1) is 8.13. The molecule has 1 aromatic rings. The summed E-state index contributed by atoms with van der Waals surface area (Å²) in [4.78, 5) is 22.1. The molecule has 1 unspecified atom stereocenters. The molecule has 0 aliphatic heterocycles. The molecule has 0 aromatic heterocycles. The number of aliphatic carboxylic acids is 1. The first-order valence-corrected chi connectivity index (χ1v) is 6.27. The number of carbonyl (C=O) groups is 2. The lowest BCUT2D eigenvalue weighted by atomic mass is 10.1. The number of hydrogen-bond acceptors (Lipinski definition) is 3. The summed E-state index contributed by atoms with van der Waals surface area (Å²) in [5.41, 5.74) is 0.962. The number of hydrogen-bond donors (Lipinski definition) is 2. The highest BCUT2D eigenvalue weighted by molar-refractivity contribution is 8.01. The molecule has 0 saturated heterocycles. The third kappa shape index (κ3) is 4.91. The quantitative estimate of drug-likeness (QED) is 0.798. The van der Waals surface area contributed by atoms with Crippen LogP contribution in [0.4, 0.5) is 0 Å². The first-order valence-electron chi connectivity index (χ1n) is 5.22. The highest BCUT2D eigenvalue weighted by Crippen LogP contribution is 2.16. The molecular formula is C12H15NO3S. The minimum Gasteiger partial charge on any atom is -0.480 e. The summed E-state index contributed by atoms with van der Waals surface area (Å²) in [5, 5.41) is 10.9. The zero-order valence-corrected chi connectivity index (χ0v) is 10.4. The van der Waals surface area contributed by atoms with Gasteiger partial charge in [0.1, 0.15) is 5.25 Å². The topological polar surface area (TPSA) is 66.4 Å². The molecule has 1 amide bonds. The van der Waals surface area contributed by atoms with Crippen molar-refractivity contribution in [3.8, 4) is 0 Å². The van der Waals surface area contributed by atoms with Crippen LogP contribution in [0.2, 0.25) is 0 Å². The van der Waals surface area contributed by atoms with Gasteiger partial charge in [0.25, 0.3) is 0 Å². The zero-order chi connectivity index (χ0) is 12.7. The molecule has 0 saturated carbocycles. The van der Waals surface area contributed by atoms with E-state index in [0.29, 0.717) is 6.42 Å². The zero-order valence-electron chi connectivity index (χ0n) is 9.55. The Morgan fingerprint density at radius 3 is 2.53 bits per heavy atom. The smallest absolute Gasteiger partial charge is 0.316 e. The van der Waals surface area contributed by atoms with Crippen LogP contribution in [0, 0.1) is 0 Å². The molecule has 92 valence electrons. The van der Waals surface area contributed by atoms with Crippen molar-refractivity contribution in [3.05, 3.63) is 35.9 Å². The van der Waals surface area contributed by atoms with E-state index >= 15 is 0 Å². The largest absolute Gasteiger partial charge is 0.480 e. The molecule has 0 aliphatic carbocycles. The fourth-order valence-electron chi connectivity index (χ4n) is 1.29. The molecule has 2 N–H and O–H groups in total. The van der Waals surface area contributed by atoms with Crippen LogP contribution in [0.5, 0.6) is 0 Å². The average Bonchev–Trinajstić information content (AvgIpc) is 2.34. The van der Waals surface area contributed by atoms with Crippen LogP contribution in [-0.2, 0) is 16.0 Å². The number of nitrogens with one attached hydrogen (secondary N) is 1. The third-order valence-corrected chi connectivity index (χ3v) is 3.43. The number of thioether (sulfide) groups is 1. The van der Waals surface area contributed by atoms with Gasteiger partial charge in [-0.3, -0.25) is 9.59 Å². The van der Waals surface area contributed by atoms with Gasteiger partial charge in [-0.15, -0.1) is 11.8 Å². The van der Waals surface area contributed by atoms with Gasteiger partial charge in [0.05, 0.1) is 5.75 Å². The SMILES string of the molecule is CNC(=O)CSC(Cc1ccccc1)C(=O)O. The molecule has 4 nitrogen and oxygen atoms in total. The molecule has 1 rings (SSSR count). The molecule has 0 aliphatic rings. The lowest BCUT2D eigenvalue weighted by molar-refractivity contribution is -0.136. The Bertz CT molecular complexity index is 381. The van der Waals surface area contributed by atoms with E-state index in [4.69, 9.17) is 5.11 Å². The number of benzene rings is 1. The van der Waals surface area contributed by atoms with Crippen molar-refractivity contribution >= 4 is 23.6 Å². The molecule has 0 fully saturated rings. The number of rotatable bonds is 6. The molecule has 1 atom stereocenters. The molecule has 0 bridgehead atoms. The van der Waals surface area contributed by atoms with Gasteiger partial charge in [0.2, 0.25) is 5.91 Å². The van der Waals surface area contributed by atoms with Crippen LogP contribution in [0.3, 0.4) is 0 Å². The monoisotopic (exact) mass is 253 g/mol. The van der Waals surface area contributed by atoms with Gasteiger partial charge in [0.15, 0.2) is 0 Å². The van der Waals surface area contributed by atoms with Crippen molar-refractivity contribution in [1.82, 2.24) is 5.32 Å². The van der Waals surface area contributed by atoms with E-state index in [1.165, 1.54) is 7.05 Å². The highest BCUT2D eigenvalue weighted by atomic mass is 32.2. The molecule has 5 heteroatoms. The number of carboxylic acid groups (broad SMARTS) is 1. The van der Waals surface area contributed by atoms with Gasteiger partial charge < -0.3 is 10.4 Å². The van der Waals surface area contributed by atoms with Crippen LogP contribution in [-0.4, -0.2) is 35.0 Å². The summed E-state index contributed by atoms with van der Waals surface area (Å²) < 4.78 is 0. The second kappa shape index (κ2) is 6.96. The summed E-state index contributed by atoms with van der Waals surface area (Å²) in [7, 11) is 1.54. The van der Waals surface area contributed by atoms with Crippen molar-refractivity contribution in [2.45, 2.75) is 11.7 Å². The molecule has 0 spiro atoms. The van der Waals surface area contributed by atoms with E-state index in [2.05, 4.69) is 5.32 Å². The number of carboxylic acids is 1. The summed E-state index contributed by atoms with van der Waals surface area (Å²) in [6.07, 6.45) is 0.428. The third-order valence-electron chi connectivity index (χ3n) is 2.23. The number of amides is 1. The number of carbonyl (C=O) groups excluding carboxylic acids is 1. The molecule has 17 heavy (non-hydrogen) atoms. The van der Waals surface area contributed by atoms with Gasteiger partial charge in [-0.2, -0.15) is 0 Å². The summed E-state index contributed by atoms with van der Waals surface area (Å²) in [5.74, 6) is -0.877. The Balaban J connectivity index is 2.55. The Kier molecular flexibility index (Phi) is 5.56. The lowest BCUT2D eigenvalue weighted by Gasteiger charge is -2.11. The Morgan fingerprint density at radius 2 is 2.00 bits per heavy atom. The average molecular weight is 253 g/mol. The fourth-order valence-corrected chi connectivity index (χ4v) is 2.24. The standard InChI is InChI=1S/C12H15NO3S/c1-13-11(14)8-17-10(12(15)16)7-9-5-3-2-4-6-9/h2-6,10H,7-8H2,1H3,(H,13,14)(H,15,16). The van der Waals surface area contributed by atoms with Crippen molar-refractivity contribution in [2.24, 2.45) is 0 Å². The lowest BCUT2D eigenvalue weighted by Crippen LogP contribution is -2.25. The Morgan fingerprint density at radius 1 is 1.35 bits per heavy atom. The summed E-state index contributed by atoms with van der Waals surface area (Å²) >= 11 is 1.15. The predicted octanol–water partition coefficient (Wildman–Crippen LogP) is 1.16. The van der Waals surface area contributed by atoms with E-state index in [-0.39, 0.29) is 11.7 Å². The normalized spacial score (nSPS) is 11.8. The molecular weight excluding hydrogens is 238 g/mol. The predicted molar refractivity (Wildman–Crippen MR) is 68.1 cm³/mol. The summed E-state index contributed by atoms with van der Waals surface area (Å²) in [6, 6.07) is 9.40. The van der Waals surface area contributed by atoms with Crippen molar-refractivity contribution < 1.29 is 14.7 Å². The fraction of sp³-hybridized carbons (Fsp3) is 0.333. The minimum atomic E-state index is -0.886. The Labute approximate surface area is 104 Å². The maximum Gasteiger partial charge on any atom is 0.316 e. The van der Waals surface area contributed by atoms with Crippen LogP contribution in [0.25, 0.3) is 0 Å². The maximum atomic E-state index is 11.1. The van der Waals surface area contributed by atoms with Crippen LogP contribution in [0.1, 0.15) is 5.56 Å². The van der Waals surface area contributed by atoms with Crippen molar-refractivity contribution in [2.75, 3.05) is 12.8 Å². The van der Waals surface area contributed by atoms with E-state index in [1.807, 2.05) is 30.3 Å². The maximum absolute atomic E-state index is 11.1. The van der Waals surface area contributed by atoms with E-state index in [0.717, 1.165) is 17.3 Å². The van der Waals surface area contributed by atoms with Crippen LogP contribution >= 0.6 is 11.8 Å². The van der Waals surface area contributed by atoms with Crippen molar-refractivity contribution in [3.63, 3.8) is 0 Å². The van der Waals surface area contributed by atoms with Crippen LogP contribution in [0.15, 0.2) is 30.3 Å². The van der Waals surface area contributed by atoms with Gasteiger partial charge in [0, 0.05) is 7.05 Å². The van der Waals surface area contributed by atoms with E-state index < -0.39 is 11.2 Å². The molecule has 0 heterocycles. The van der Waals surface area contributed by atoms with E-state index in [9.17, 15) is 9.59 Å². The first kappa shape index (κ1) is 13.6. The second-order valence-corrected chi connectivity index (χ2v) is 4.69. The molecule has 1 aromatic carbocycles. The van der Waals surface area contributed by atoms with Crippen LogP contribution < -0.4 is 5.32 Å². The minimum absolute atomic E-state index is 0.158. The molecule has 0 radical (unpaired) electrons.